The molecule has 2 aliphatic heterocycles. The first-order valence-corrected chi connectivity index (χ1v) is 6.63. The maximum atomic E-state index is 11.9. The van der Waals surface area contributed by atoms with Crippen LogP contribution in [0.2, 0.25) is 0 Å². The number of piperidine rings is 1. The summed E-state index contributed by atoms with van der Waals surface area (Å²) in [5.41, 5.74) is 0. The summed E-state index contributed by atoms with van der Waals surface area (Å²) in [5.74, 6) is 1.06. The molecule has 0 aliphatic carbocycles. The van der Waals surface area contributed by atoms with Crippen LogP contribution >= 0.6 is 0 Å². The number of Topliss-reactive ketones (excluding diaryl/α,β-unsaturated/α-hetero) is 1. The summed E-state index contributed by atoms with van der Waals surface area (Å²) in [6, 6.07) is 0. The van der Waals surface area contributed by atoms with Crippen molar-refractivity contribution in [1.29, 1.82) is 0 Å². The Kier molecular flexibility index (Phi) is 4.15. The lowest BCUT2D eigenvalue weighted by Gasteiger charge is -2.26. The molecular formula is C13H22N2O2. The van der Waals surface area contributed by atoms with Crippen molar-refractivity contribution in [1.82, 2.24) is 9.80 Å². The summed E-state index contributed by atoms with van der Waals surface area (Å²) < 4.78 is 0. The summed E-state index contributed by atoms with van der Waals surface area (Å²) >= 11 is 0. The SMILES string of the molecule is CN1CCC(CCC(=O)N2CCCC(=O)C2)C1. The fourth-order valence-electron chi connectivity index (χ4n) is 2.80. The van der Waals surface area contributed by atoms with Gasteiger partial charge >= 0.3 is 0 Å². The smallest absolute Gasteiger partial charge is 0.222 e. The topological polar surface area (TPSA) is 40.6 Å². The third-order valence-corrected chi connectivity index (χ3v) is 3.86. The van der Waals surface area contributed by atoms with E-state index in [1.54, 1.807) is 4.90 Å². The summed E-state index contributed by atoms with van der Waals surface area (Å²) in [6.45, 7) is 3.39. The van der Waals surface area contributed by atoms with Crippen molar-refractivity contribution in [3.05, 3.63) is 0 Å². The van der Waals surface area contributed by atoms with Crippen LogP contribution in [0.1, 0.15) is 32.1 Å². The van der Waals surface area contributed by atoms with Crippen molar-refractivity contribution in [3.63, 3.8) is 0 Å². The average molecular weight is 238 g/mol. The van der Waals surface area contributed by atoms with Crippen LogP contribution in [0.15, 0.2) is 0 Å². The Morgan fingerprint density at radius 1 is 1.41 bits per heavy atom. The summed E-state index contributed by atoms with van der Waals surface area (Å²) in [4.78, 5) is 27.3. The maximum absolute atomic E-state index is 11.9. The maximum Gasteiger partial charge on any atom is 0.222 e. The van der Waals surface area contributed by atoms with Gasteiger partial charge in [-0.1, -0.05) is 0 Å². The summed E-state index contributed by atoms with van der Waals surface area (Å²) in [6.07, 6.45) is 4.30. The zero-order valence-electron chi connectivity index (χ0n) is 10.7. The van der Waals surface area contributed by atoms with Crippen LogP contribution in [0.4, 0.5) is 0 Å². The molecule has 1 atom stereocenters. The molecule has 2 aliphatic rings. The van der Waals surface area contributed by atoms with E-state index in [2.05, 4.69) is 11.9 Å². The summed E-state index contributed by atoms with van der Waals surface area (Å²) in [7, 11) is 2.13. The monoisotopic (exact) mass is 238 g/mol. The van der Waals surface area contributed by atoms with E-state index in [0.29, 0.717) is 25.3 Å². The number of hydrogen-bond acceptors (Lipinski definition) is 3. The molecule has 0 aromatic heterocycles. The fraction of sp³-hybridized carbons (Fsp3) is 0.846. The third-order valence-electron chi connectivity index (χ3n) is 3.86. The Morgan fingerprint density at radius 3 is 2.88 bits per heavy atom. The predicted molar refractivity (Wildman–Crippen MR) is 65.7 cm³/mol. The van der Waals surface area contributed by atoms with Gasteiger partial charge in [0.1, 0.15) is 0 Å². The molecule has 0 saturated carbocycles. The minimum absolute atomic E-state index is 0.174. The van der Waals surface area contributed by atoms with Crippen LogP contribution in [0.5, 0.6) is 0 Å². The number of nitrogens with zero attached hydrogens (tertiary/aromatic N) is 2. The molecule has 4 heteroatoms. The van der Waals surface area contributed by atoms with E-state index in [4.69, 9.17) is 0 Å². The van der Waals surface area contributed by atoms with Crippen LogP contribution in [0, 0.1) is 5.92 Å². The number of rotatable bonds is 3. The molecule has 1 amide bonds. The van der Waals surface area contributed by atoms with Gasteiger partial charge < -0.3 is 9.80 Å². The zero-order chi connectivity index (χ0) is 12.3. The van der Waals surface area contributed by atoms with E-state index in [1.807, 2.05) is 0 Å². The largest absolute Gasteiger partial charge is 0.335 e. The Hall–Kier alpha value is -0.900. The second-order valence-electron chi connectivity index (χ2n) is 5.41. The number of hydrogen-bond donors (Lipinski definition) is 0. The quantitative estimate of drug-likeness (QED) is 0.734. The first kappa shape index (κ1) is 12.6. The molecule has 2 heterocycles. The minimum Gasteiger partial charge on any atom is -0.335 e. The van der Waals surface area contributed by atoms with E-state index < -0.39 is 0 Å². The van der Waals surface area contributed by atoms with Crippen molar-refractivity contribution in [2.24, 2.45) is 5.92 Å². The molecule has 2 fully saturated rings. The van der Waals surface area contributed by atoms with Gasteiger partial charge in [0, 0.05) is 25.9 Å². The number of carbonyl (C=O) groups excluding carboxylic acids is 2. The third kappa shape index (κ3) is 3.53. The van der Waals surface area contributed by atoms with Crippen LogP contribution in [0.25, 0.3) is 0 Å². The van der Waals surface area contributed by atoms with Gasteiger partial charge in [0.2, 0.25) is 5.91 Å². The van der Waals surface area contributed by atoms with Crippen LogP contribution in [0.3, 0.4) is 0 Å². The molecule has 0 aromatic carbocycles. The van der Waals surface area contributed by atoms with Crippen molar-refractivity contribution in [3.8, 4) is 0 Å². The van der Waals surface area contributed by atoms with E-state index in [1.165, 1.54) is 6.42 Å². The standard InChI is InChI=1S/C13H22N2O2/c1-14-8-6-11(9-14)4-5-13(17)15-7-2-3-12(16)10-15/h11H,2-10H2,1H3. The van der Waals surface area contributed by atoms with Crippen molar-refractivity contribution < 1.29 is 9.59 Å². The average Bonchev–Trinajstić information content (AvgIpc) is 2.72. The van der Waals surface area contributed by atoms with Gasteiger partial charge in [0.05, 0.1) is 6.54 Å². The molecule has 96 valence electrons. The molecule has 4 nitrogen and oxygen atoms in total. The second-order valence-corrected chi connectivity index (χ2v) is 5.41. The highest BCUT2D eigenvalue weighted by atomic mass is 16.2. The Bertz CT molecular complexity index is 304. The van der Waals surface area contributed by atoms with Crippen molar-refractivity contribution in [2.75, 3.05) is 33.2 Å². The Labute approximate surface area is 103 Å². The Morgan fingerprint density at radius 2 is 2.24 bits per heavy atom. The second kappa shape index (κ2) is 5.63. The number of amides is 1. The summed E-state index contributed by atoms with van der Waals surface area (Å²) in [5, 5.41) is 0. The van der Waals surface area contributed by atoms with E-state index in [0.717, 1.165) is 32.5 Å². The lowest BCUT2D eigenvalue weighted by atomic mass is 10.0. The Balaban J connectivity index is 1.71. The van der Waals surface area contributed by atoms with Crippen molar-refractivity contribution in [2.45, 2.75) is 32.1 Å². The number of likely N-dealkylation sites (tertiary alicyclic amines) is 2. The molecule has 1 unspecified atom stereocenters. The molecular weight excluding hydrogens is 216 g/mol. The van der Waals surface area contributed by atoms with Crippen LogP contribution in [-0.4, -0.2) is 54.7 Å². The van der Waals surface area contributed by atoms with Gasteiger partial charge in [-0.25, -0.2) is 0 Å². The van der Waals surface area contributed by atoms with Gasteiger partial charge in [-0.2, -0.15) is 0 Å². The lowest BCUT2D eigenvalue weighted by molar-refractivity contribution is -0.137. The number of carbonyl (C=O) groups is 2. The molecule has 0 bridgehead atoms. The molecule has 2 rings (SSSR count). The highest BCUT2D eigenvalue weighted by molar-refractivity contribution is 5.87. The molecule has 0 spiro atoms. The van der Waals surface area contributed by atoms with Gasteiger partial charge in [0.15, 0.2) is 5.78 Å². The number of ketones is 1. The van der Waals surface area contributed by atoms with Gasteiger partial charge in [0.25, 0.3) is 0 Å². The molecule has 17 heavy (non-hydrogen) atoms. The van der Waals surface area contributed by atoms with E-state index in [-0.39, 0.29) is 11.7 Å². The normalized spacial score (nSPS) is 26.5. The highest BCUT2D eigenvalue weighted by Crippen LogP contribution is 2.20. The minimum atomic E-state index is 0.174. The molecule has 0 radical (unpaired) electrons. The molecule has 0 N–H and O–H groups in total. The highest BCUT2D eigenvalue weighted by Gasteiger charge is 2.24. The van der Waals surface area contributed by atoms with Gasteiger partial charge in [-0.05, 0) is 38.8 Å². The first-order valence-electron chi connectivity index (χ1n) is 6.63. The van der Waals surface area contributed by atoms with Gasteiger partial charge in [-0.3, -0.25) is 9.59 Å². The van der Waals surface area contributed by atoms with Crippen LogP contribution in [-0.2, 0) is 9.59 Å². The fourth-order valence-corrected chi connectivity index (χ4v) is 2.80. The van der Waals surface area contributed by atoms with E-state index in [9.17, 15) is 9.59 Å². The van der Waals surface area contributed by atoms with E-state index >= 15 is 0 Å². The molecule has 0 aromatic rings. The zero-order valence-corrected chi connectivity index (χ0v) is 10.7. The van der Waals surface area contributed by atoms with Crippen molar-refractivity contribution >= 4 is 11.7 Å². The lowest BCUT2D eigenvalue weighted by Crippen LogP contribution is -2.40. The first-order chi connectivity index (χ1) is 8.15. The molecule has 2 saturated heterocycles. The van der Waals surface area contributed by atoms with Gasteiger partial charge in [-0.15, -0.1) is 0 Å². The van der Waals surface area contributed by atoms with Crippen LogP contribution < -0.4 is 0 Å². The predicted octanol–water partition coefficient (Wildman–Crippen LogP) is 0.910.